The van der Waals surface area contributed by atoms with Crippen LogP contribution in [0.5, 0.6) is 0 Å². The maximum absolute atomic E-state index is 12.4. The molecular formula is C21H33N5O. The predicted molar refractivity (Wildman–Crippen MR) is 110 cm³/mol. The second-order valence-corrected chi connectivity index (χ2v) is 7.43. The van der Waals surface area contributed by atoms with Crippen molar-refractivity contribution < 1.29 is 4.79 Å². The Morgan fingerprint density at radius 1 is 1.22 bits per heavy atom. The number of benzene rings is 1. The van der Waals surface area contributed by atoms with Crippen LogP contribution < -0.4 is 10.6 Å². The molecule has 0 radical (unpaired) electrons. The number of nitrogens with one attached hydrogen (secondary N) is 2. The summed E-state index contributed by atoms with van der Waals surface area (Å²) in [5, 5.41) is 6.77. The van der Waals surface area contributed by atoms with Gasteiger partial charge in [-0.05, 0) is 43.5 Å². The SMILES string of the molecule is CCN1CCCC1CNC(=NC)NCCCC(=O)N1Cc2ccccc2C1. The van der Waals surface area contributed by atoms with Crippen molar-refractivity contribution in [2.24, 2.45) is 4.99 Å². The number of guanidine groups is 1. The summed E-state index contributed by atoms with van der Waals surface area (Å²) in [5.41, 5.74) is 2.56. The molecule has 0 aliphatic carbocycles. The average molecular weight is 372 g/mol. The molecule has 2 N–H and O–H groups in total. The highest BCUT2D eigenvalue weighted by molar-refractivity contribution is 5.80. The van der Waals surface area contributed by atoms with Crippen LogP contribution in [0, 0.1) is 0 Å². The average Bonchev–Trinajstić information content (AvgIpc) is 3.33. The van der Waals surface area contributed by atoms with Crippen molar-refractivity contribution >= 4 is 11.9 Å². The lowest BCUT2D eigenvalue weighted by Gasteiger charge is -2.24. The van der Waals surface area contributed by atoms with Crippen molar-refractivity contribution in [2.45, 2.75) is 51.7 Å². The van der Waals surface area contributed by atoms with Crippen molar-refractivity contribution in [3.05, 3.63) is 35.4 Å². The molecule has 2 aliphatic rings. The number of aliphatic imine (C=N–C) groups is 1. The molecule has 0 spiro atoms. The maximum atomic E-state index is 12.4. The van der Waals surface area contributed by atoms with Gasteiger partial charge in [-0.1, -0.05) is 31.2 Å². The number of likely N-dealkylation sites (N-methyl/N-ethyl adjacent to an activating group) is 1. The summed E-state index contributed by atoms with van der Waals surface area (Å²) >= 11 is 0. The zero-order chi connectivity index (χ0) is 19.1. The molecule has 1 amide bonds. The molecule has 3 rings (SSSR count). The zero-order valence-corrected chi connectivity index (χ0v) is 16.7. The molecule has 2 heterocycles. The van der Waals surface area contributed by atoms with Crippen LogP contribution in [0.15, 0.2) is 29.3 Å². The summed E-state index contributed by atoms with van der Waals surface area (Å²) in [4.78, 5) is 21.2. The van der Waals surface area contributed by atoms with Gasteiger partial charge in [0.25, 0.3) is 0 Å². The maximum Gasteiger partial charge on any atom is 0.223 e. The number of fused-ring (bicyclic) bond motifs is 1. The molecular weight excluding hydrogens is 338 g/mol. The van der Waals surface area contributed by atoms with Gasteiger partial charge in [-0.2, -0.15) is 0 Å². The first kappa shape index (κ1) is 19.7. The quantitative estimate of drug-likeness (QED) is 0.437. The topological polar surface area (TPSA) is 60.0 Å². The lowest BCUT2D eigenvalue weighted by atomic mass is 10.1. The van der Waals surface area contributed by atoms with E-state index in [1.807, 2.05) is 17.0 Å². The second kappa shape index (κ2) is 9.74. The molecule has 148 valence electrons. The fourth-order valence-electron chi connectivity index (χ4n) is 4.09. The Labute approximate surface area is 163 Å². The van der Waals surface area contributed by atoms with Gasteiger partial charge < -0.3 is 15.5 Å². The predicted octanol–water partition coefficient (Wildman–Crippen LogP) is 1.96. The summed E-state index contributed by atoms with van der Waals surface area (Å²) in [5.74, 6) is 1.07. The van der Waals surface area contributed by atoms with E-state index in [9.17, 15) is 4.79 Å². The highest BCUT2D eigenvalue weighted by Crippen LogP contribution is 2.22. The number of rotatable bonds is 7. The Bertz CT molecular complexity index is 635. The number of likely N-dealkylation sites (tertiary alicyclic amines) is 1. The van der Waals surface area contributed by atoms with E-state index in [4.69, 9.17) is 0 Å². The van der Waals surface area contributed by atoms with Gasteiger partial charge in [0.05, 0.1) is 0 Å². The van der Waals surface area contributed by atoms with E-state index in [-0.39, 0.29) is 5.91 Å². The highest BCUT2D eigenvalue weighted by atomic mass is 16.2. The van der Waals surface area contributed by atoms with E-state index < -0.39 is 0 Å². The van der Waals surface area contributed by atoms with E-state index in [0.717, 1.165) is 45.1 Å². The van der Waals surface area contributed by atoms with E-state index in [1.165, 1.54) is 30.5 Å². The van der Waals surface area contributed by atoms with Crippen molar-refractivity contribution in [3.8, 4) is 0 Å². The zero-order valence-electron chi connectivity index (χ0n) is 16.7. The van der Waals surface area contributed by atoms with E-state index in [1.54, 1.807) is 7.05 Å². The van der Waals surface area contributed by atoms with Crippen molar-refractivity contribution in [1.82, 2.24) is 20.4 Å². The van der Waals surface area contributed by atoms with E-state index in [0.29, 0.717) is 12.5 Å². The van der Waals surface area contributed by atoms with Crippen LogP contribution in [0.25, 0.3) is 0 Å². The number of nitrogens with zero attached hydrogens (tertiary/aromatic N) is 3. The number of carbonyl (C=O) groups is 1. The van der Waals surface area contributed by atoms with Crippen molar-refractivity contribution in [3.63, 3.8) is 0 Å². The van der Waals surface area contributed by atoms with Crippen LogP contribution in [0.3, 0.4) is 0 Å². The number of carbonyl (C=O) groups excluding carboxylic acids is 1. The molecule has 2 aliphatic heterocycles. The minimum absolute atomic E-state index is 0.237. The first-order chi connectivity index (χ1) is 13.2. The third-order valence-electron chi connectivity index (χ3n) is 5.69. The van der Waals surface area contributed by atoms with Gasteiger partial charge in [-0.3, -0.25) is 14.7 Å². The Hall–Kier alpha value is -2.08. The molecule has 1 unspecified atom stereocenters. The normalized spacial score (nSPS) is 20.0. The Morgan fingerprint density at radius 3 is 2.63 bits per heavy atom. The van der Waals surface area contributed by atoms with Crippen LogP contribution >= 0.6 is 0 Å². The van der Waals surface area contributed by atoms with Crippen molar-refractivity contribution in [1.29, 1.82) is 0 Å². The lowest BCUT2D eigenvalue weighted by Crippen LogP contribution is -2.45. The number of hydrogen-bond acceptors (Lipinski definition) is 3. The monoisotopic (exact) mass is 371 g/mol. The summed E-state index contributed by atoms with van der Waals surface area (Å²) < 4.78 is 0. The molecule has 6 nitrogen and oxygen atoms in total. The molecule has 0 aromatic heterocycles. The Morgan fingerprint density at radius 2 is 1.96 bits per heavy atom. The Balaban J connectivity index is 1.32. The lowest BCUT2D eigenvalue weighted by molar-refractivity contribution is -0.131. The minimum atomic E-state index is 0.237. The second-order valence-electron chi connectivity index (χ2n) is 7.43. The third-order valence-corrected chi connectivity index (χ3v) is 5.69. The van der Waals surface area contributed by atoms with Gasteiger partial charge >= 0.3 is 0 Å². The van der Waals surface area contributed by atoms with Crippen LogP contribution in [0.2, 0.25) is 0 Å². The summed E-state index contributed by atoms with van der Waals surface area (Å²) in [6, 6.07) is 8.92. The molecule has 27 heavy (non-hydrogen) atoms. The first-order valence-electron chi connectivity index (χ1n) is 10.2. The van der Waals surface area contributed by atoms with E-state index in [2.05, 4.69) is 39.6 Å². The molecule has 1 aromatic rings. The minimum Gasteiger partial charge on any atom is -0.356 e. The van der Waals surface area contributed by atoms with Gasteiger partial charge in [0.15, 0.2) is 5.96 Å². The van der Waals surface area contributed by atoms with Gasteiger partial charge in [0.2, 0.25) is 5.91 Å². The van der Waals surface area contributed by atoms with Crippen LogP contribution in [0.1, 0.15) is 43.7 Å². The number of hydrogen-bond donors (Lipinski definition) is 2. The largest absolute Gasteiger partial charge is 0.356 e. The fourth-order valence-corrected chi connectivity index (χ4v) is 4.09. The Kier molecular flexibility index (Phi) is 7.10. The van der Waals surface area contributed by atoms with E-state index >= 15 is 0 Å². The summed E-state index contributed by atoms with van der Waals surface area (Å²) in [6.07, 6.45) is 3.93. The smallest absolute Gasteiger partial charge is 0.223 e. The number of amides is 1. The third kappa shape index (κ3) is 5.22. The van der Waals surface area contributed by atoms with Crippen LogP contribution in [-0.2, 0) is 17.9 Å². The summed E-state index contributed by atoms with van der Waals surface area (Å²) in [6.45, 7) is 7.73. The van der Waals surface area contributed by atoms with Gasteiger partial charge in [-0.15, -0.1) is 0 Å². The molecule has 1 saturated heterocycles. The van der Waals surface area contributed by atoms with Gasteiger partial charge in [0.1, 0.15) is 0 Å². The van der Waals surface area contributed by atoms with Gasteiger partial charge in [-0.25, -0.2) is 0 Å². The highest BCUT2D eigenvalue weighted by Gasteiger charge is 2.23. The first-order valence-corrected chi connectivity index (χ1v) is 10.2. The van der Waals surface area contributed by atoms with Crippen LogP contribution in [0.4, 0.5) is 0 Å². The molecule has 6 heteroatoms. The molecule has 1 aromatic carbocycles. The van der Waals surface area contributed by atoms with Crippen LogP contribution in [-0.4, -0.2) is 60.9 Å². The standard InChI is InChI=1S/C21H33N5O/c1-3-25-13-7-10-19(25)14-24-21(22-2)23-12-6-11-20(27)26-15-17-8-4-5-9-18(17)16-26/h4-5,8-9,19H,3,6-7,10-16H2,1-2H3,(H2,22,23,24). The molecule has 0 saturated carbocycles. The molecule has 1 fully saturated rings. The molecule has 0 bridgehead atoms. The fraction of sp³-hybridized carbons (Fsp3) is 0.619. The van der Waals surface area contributed by atoms with Gasteiger partial charge in [0, 0.05) is 45.7 Å². The summed E-state index contributed by atoms with van der Waals surface area (Å²) in [7, 11) is 1.80. The molecule has 1 atom stereocenters. The van der Waals surface area contributed by atoms with Crippen molar-refractivity contribution in [2.75, 3.05) is 33.2 Å².